The molecule has 0 spiro atoms. The third kappa shape index (κ3) is 7.01. The maximum atomic E-state index is 11.8. The molecule has 1 fully saturated rings. The molecule has 0 aliphatic heterocycles. The van der Waals surface area contributed by atoms with Crippen LogP contribution < -0.4 is 10.6 Å². The Morgan fingerprint density at radius 3 is 2.52 bits per heavy atom. The quantitative estimate of drug-likeness (QED) is 0.723. The molecule has 0 bridgehead atoms. The number of benzene rings is 1. The Balaban J connectivity index is 1.57. The van der Waals surface area contributed by atoms with E-state index in [9.17, 15) is 4.79 Å². The minimum absolute atomic E-state index is 0.232. The number of methoxy groups -OCH3 is 1. The minimum atomic E-state index is -0.314. The van der Waals surface area contributed by atoms with E-state index < -0.39 is 0 Å². The van der Waals surface area contributed by atoms with E-state index in [1.54, 1.807) is 7.11 Å². The molecule has 1 aliphatic carbocycles. The summed E-state index contributed by atoms with van der Waals surface area (Å²) in [6.45, 7) is 2.12. The fourth-order valence-corrected chi connectivity index (χ4v) is 2.90. The topological polar surface area (TPSA) is 59.6 Å². The molecule has 0 heterocycles. The van der Waals surface area contributed by atoms with Crippen molar-refractivity contribution in [1.29, 1.82) is 0 Å². The highest BCUT2D eigenvalue weighted by molar-refractivity contribution is 5.67. The van der Waals surface area contributed by atoms with Gasteiger partial charge in [0.15, 0.2) is 0 Å². The number of alkyl carbamates (subject to hydrolysis) is 1. The standard InChI is InChI=1S/C18H28N2O3/c1-22-13-5-12-19-16-8-10-17(11-9-16)20-18(21)23-14-15-6-3-2-4-7-15/h2-4,6-7,16-17,19H,5,8-14H2,1H3,(H,20,21). The fourth-order valence-electron chi connectivity index (χ4n) is 2.90. The Bertz CT molecular complexity index is 445. The molecule has 1 amide bonds. The lowest BCUT2D eigenvalue weighted by Crippen LogP contribution is -2.42. The Labute approximate surface area is 138 Å². The summed E-state index contributed by atoms with van der Waals surface area (Å²) >= 11 is 0. The average Bonchev–Trinajstić information content (AvgIpc) is 2.59. The zero-order valence-electron chi connectivity index (χ0n) is 13.9. The lowest BCUT2D eigenvalue weighted by atomic mass is 9.91. The van der Waals surface area contributed by atoms with E-state index in [0.29, 0.717) is 12.6 Å². The van der Waals surface area contributed by atoms with Crippen LogP contribution in [0.1, 0.15) is 37.7 Å². The van der Waals surface area contributed by atoms with Crippen LogP contribution in [0.2, 0.25) is 0 Å². The van der Waals surface area contributed by atoms with Crippen LogP contribution in [-0.2, 0) is 16.1 Å². The Hall–Kier alpha value is -1.59. The van der Waals surface area contributed by atoms with Crippen molar-refractivity contribution < 1.29 is 14.3 Å². The predicted molar refractivity (Wildman–Crippen MR) is 90.3 cm³/mol. The summed E-state index contributed by atoms with van der Waals surface area (Å²) in [6, 6.07) is 10.5. The molecule has 5 nitrogen and oxygen atoms in total. The summed E-state index contributed by atoms with van der Waals surface area (Å²) in [5.41, 5.74) is 1.01. The summed E-state index contributed by atoms with van der Waals surface area (Å²) in [6.07, 6.45) is 4.92. The van der Waals surface area contributed by atoms with Crippen molar-refractivity contribution in [3.05, 3.63) is 35.9 Å². The smallest absolute Gasteiger partial charge is 0.407 e. The molecule has 0 radical (unpaired) electrons. The van der Waals surface area contributed by atoms with Gasteiger partial charge in [0.05, 0.1) is 0 Å². The fraction of sp³-hybridized carbons (Fsp3) is 0.611. The van der Waals surface area contributed by atoms with Crippen LogP contribution >= 0.6 is 0 Å². The number of hydrogen-bond acceptors (Lipinski definition) is 4. The van der Waals surface area contributed by atoms with Gasteiger partial charge in [-0.2, -0.15) is 0 Å². The van der Waals surface area contributed by atoms with E-state index in [2.05, 4.69) is 10.6 Å². The number of carbonyl (C=O) groups excluding carboxylic acids is 1. The number of rotatable bonds is 8. The first-order chi connectivity index (χ1) is 11.3. The molecule has 0 unspecified atom stereocenters. The Kier molecular flexibility index (Phi) is 7.90. The molecule has 0 saturated heterocycles. The van der Waals surface area contributed by atoms with Crippen LogP contribution in [0.5, 0.6) is 0 Å². The molecule has 1 saturated carbocycles. The zero-order chi connectivity index (χ0) is 16.3. The van der Waals surface area contributed by atoms with Gasteiger partial charge in [0.25, 0.3) is 0 Å². The van der Waals surface area contributed by atoms with Crippen molar-refractivity contribution in [1.82, 2.24) is 10.6 Å². The second kappa shape index (κ2) is 10.2. The van der Waals surface area contributed by atoms with Gasteiger partial charge in [-0.15, -0.1) is 0 Å². The summed E-state index contributed by atoms with van der Waals surface area (Å²) < 4.78 is 10.3. The maximum Gasteiger partial charge on any atom is 0.407 e. The number of carbonyl (C=O) groups is 1. The van der Waals surface area contributed by atoms with Gasteiger partial charge < -0.3 is 20.1 Å². The first kappa shape index (κ1) is 17.8. The van der Waals surface area contributed by atoms with Crippen LogP contribution in [0, 0.1) is 0 Å². The van der Waals surface area contributed by atoms with Gasteiger partial charge in [0, 0.05) is 25.8 Å². The second-order valence-electron chi connectivity index (χ2n) is 6.06. The van der Waals surface area contributed by atoms with E-state index in [1.807, 2.05) is 30.3 Å². The lowest BCUT2D eigenvalue weighted by molar-refractivity contribution is 0.131. The number of amides is 1. The van der Waals surface area contributed by atoms with Gasteiger partial charge in [-0.25, -0.2) is 4.79 Å². The molecule has 1 aromatic rings. The molecular formula is C18H28N2O3. The van der Waals surface area contributed by atoms with E-state index in [1.165, 1.54) is 0 Å². The van der Waals surface area contributed by atoms with Gasteiger partial charge in [-0.3, -0.25) is 0 Å². The zero-order valence-corrected chi connectivity index (χ0v) is 13.9. The largest absolute Gasteiger partial charge is 0.445 e. The van der Waals surface area contributed by atoms with Crippen LogP contribution in [-0.4, -0.2) is 38.4 Å². The summed E-state index contributed by atoms with van der Waals surface area (Å²) in [7, 11) is 1.73. The van der Waals surface area contributed by atoms with E-state index in [-0.39, 0.29) is 12.1 Å². The molecule has 0 aromatic heterocycles. The first-order valence-corrected chi connectivity index (χ1v) is 8.47. The molecule has 128 valence electrons. The number of ether oxygens (including phenoxy) is 2. The molecule has 2 rings (SSSR count). The van der Waals surface area contributed by atoms with Crippen molar-refractivity contribution in [2.24, 2.45) is 0 Å². The normalized spacial score (nSPS) is 20.9. The molecule has 5 heteroatoms. The number of nitrogens with one attached hydrogen (secondary N) is 2. The third-order valence-electron chi connectivity index (χ3n) is 4.22. The SMILES string of the molecule is COCCCNC1CCC(NC(=O)OCc2ccccc2)CC1. The van der Waals surface area contributed by atoms with E-state index in [0.717, 1.165) is 50.8 Å². The van der Waals surface area contributed by atoms with Crippen LogP contribution in [0.3, 0.4) is 0 Å². The van der Waals surface area contributed by atoms with E-state index >= 15 is 0 Å². The summed E-state index contributed by atoms with van der Waals surface area (Å²) in [5.74, 6) is 0. The van der Waals surface area contributed by atoms with Crippen molar-refractivity contribution in [3.8, 4) is 0 Å². The molecule has 0 atom stereocenters. The molecule has 2 N–H and O–H groups in total. The Morgan fingerprint density at radius 2 is 1.83 bits per heavy atom. The molecule has 1 aromatic carbocycles. The number of hydrogen-bond donors (Lipinski definition) is 2. The average molecular weight is 320 g/mol. The van der Waals surface area contributed by atoms with Gasteiger partial charge in [0.2, 0.25) is 0 Å². The highest BCUT2D eigenvalue weighted by Crippen LogP contribution is 2.18. The molecule has 1 aliphatic rings. The third-order valence-corrected chi connectivity index (χ3v) is 4.22. The summed E-state index contributed by atoms with van der Waals surface area (Å²) in [5, 5.41) is 6.53. The van der Waals surface area contributed by atoms with Crippen molar-refractivity contribution in [2.75, 3.05) is 20.3 Å². The second-order valence-corrected chi connectivity index (χ2v) is 6.06. The van der Waals surface area contributed by atoms with Crippen LogP contribution in [0.4, 0.5) is 4.79 Å². The van der Waals surface area contributed by atoms with E-state index in [4.69, 9.17) is 9.47 Å². The van der Waals surface area contributed by atoms with Crippen molar-refractivity contribution in [3.63, 3.8) is 0 Å². The van der Waals surface area contributed by atoms with Gasteiger partial charge >= 0.3 is 6.09 Å². The molecule has 23 heavy (non-hydrogen) atoms. The highest BCUT2D eigenvalue weighted by atomic mass is 16.5. The highest BCUT2D eigenvalue weighted by Gasteiger charge is 2.22. The van der Waals surface area contributed by atoms with Gasteiger partial charge in [0.1, 0.15) is 6.61 Å². The predicted octanol–water partition coefficient (Wildman–Crippen LogP) is 2.85. The van der Waals surface area contributed by atoms with Crippen molar-refractivity contribution >= 4 is 6.09 Å². The first-order valence-electron chi connectivity index (χ1n) is 8.47. The lowest BCUT2D eigenvalue weighted by Gasteiger charge is -2.29. The summed E-state index contributed by atoms with van der Waals surface area (Å²) in [4.78, 5) is 11.8. The minimum Gasteiger partial charge on any atom is -0.445 e. The van der Waals surface area contributed by atoms with Gasteiger partial charge in [-0.1, -0.05) is 30.3 Å². The van der Waals surface area contributed by atoms with Crippen molar-refractivity contribution in [2.45, 2.75) is 50.8 Å². The van der Waals surface area contributed by atoms with Gasteiger partial charge in [-0.05, 0) is 44.2 Å². The molecular weight excluding hydrogens is 292 g/mol. The van der Waals surface area contributed by atoms with Crippen LogP contribution in [0.15, 0.2) is 30.3 Å². The maximum absolute atomic E-state index is 11.8. The Morgan fingerprint density at radius 1 is 1.13 bits per heavy atom. The van der Waals surface area contributed by atoms with Crippen LogP contribution in [0.25, 0.3) is 0 Å². The monoisotopic (exact) mass is 320 g/mol.